The standard InChI is InChI=1S/C13H14N2O5/c16-11(20-8-9-4-2-1-3-5-9)7-15-10(12(17)18)6-14-13(15)19/h1-5,10H,6-8H2,(H,14,19)(H,17,18)/t10-/m0/s1. The Labute approximate surface area is 115 Å². The van der Waals surface area contributed by atoms with E-state index in [0.29, 0.717) is 0 Å². The fourth-order valence-electron chi connectivity index (χ4n) is 1.86. The van der Waals surface area contributed by atoms with Gasteiger partial charge >= 0.3 is 18.0 Å². The number of ether oxygens (including phenoxy) is 1. The molecule has 1 aliphatic heterocycles. The number of nitrogens with one attached hydrogen (secondary N) is 1. The summed E-state index contributed by atoms with van der Waals surface area (Å²) in [7, 11) is 0. The van der Waals surface area contributed by atoms with Gasteiger partial charge < -0.3 is 15.2 Å². The van der Waals surface area contributed by atoms with Crippen LogP contribution in [0, 0.1) is 0 Å². The van der Waals surface area contributed by atoms with E-state index >= 15 is 0 Å². The van der Waals surface area contributed by atoms with E-state index < -0.39 is 24.0 Å². The minimum atomic E-state index is -1.15. The van der Waals surface area contributed by atoms with Crippen molar-refractivity contribution in [3.05, 3.63) is 35.9 Å². The van der Waals surface area contributed by atoms with Gasteiger partial charge in [0.25, 0.3) is 0 Å². The maximum atomic E-state index is 11.6. The summed E-state index contributed by atoms with van der Waals surface area (Å²) < 4.78 is 5.01. The van der Waals surface area contributed by atoms with Gasteiger partial charge in [0.15, 0.2) is 0 Å². The third-order valence-corrected chi connectivity index (χ3v) is 2.91. The van der Waals surface area contributed by atoms with Crippen LogP contribution >= 0.6 is 0 Å². The molecule has 1 saturated heterocycles. The number of carbonyl (C=O) groups is 3. The van der Waals surface area contributed by atoms with Gasteiger partial charge in [0.05, 0.1) is 6.54 Å². The van der Waals surface area contributed by atoms with Crippen LogP contribution in [-0.2, 0) is 20.9 Å². The number of carboxylic acids is 1. The Morgan fingerprint density at radius 1 is 1.35 bits per heavy atom. The molecule has 1 fully saturated rings. The molecule has 7 heteroatoms. The van der Waals surface area contributed by atoms with Crippen molar-refractivity contribution < 1.29 is 24.2 Å². The Balaban J connectivity index is 1.87. The summed E-state index contributed by atoms with van der Waals surface area (Å²) in [5.74, 6) is -1.80. The van der Waals surface area contributed by atoms with Crippen LogP contribution in [0.2, 0.25) is 0 Å². The monoisotopic (exact) mass is 278 g/mol. The predicted molar refractivity (Wildman–Crippen MR) is 67.8 cm³/mol. The molecule has 20 heavy (non-hydrogen) atoms. The first-order valence-corrected chi connectivity index (χ1v) is 6.05. The van der Waals surface area contributed by atoms with Crippen molar-refractivity contribution in [2.45, 2.75) is 12.6 Å². The van der Waals surface area contributed by atoms with Crippen molar-refractivity contribution in [2.75, 3.05) is 13.1 Å². The lowest BCUT2D eigenvalue weighted by molar-refractivity contribution is -0.147. The lowest BCUT2D eigenvalue weighted by Gasteiger charge is -2.18. The number of esters is 1. The number of amides is 2. The summed E-state index contributed by atoms with van der Waals surface area (Å²) in [6.07, 6.45) is 0. The van der Waals surface area contributed by atoms with E-state index in [4.69, 9.17) is 9.84 Å². The molecule has 2 amide bonds. The molecule has 0 unspecified atom stereocenters. The van der Waals surface area contributed by atoms with E-state index in [1.807, 2.05) is 18.2 Å². The highest BCUT2D eigenvalue weighted by Gasteiger charge is 2.37. The van der Waals surface area contributed by atoms with Gasteiger partial charge in [0.1, 0.15) is 19.2 Å². The molecule has 1 aromatic rings. The highest BCUT2D eigenvalue weighted by atomic mass is 16.5. The number of nitrogens with zero attached hydrogens (tertiary/aromatic N) is 1. The predicted octanol–water partition coefficient (Wildman–Crippen LogP) is 0.208. The first kappa shape index (κ1) is 13.9. The number of hydrogen-bond donors (Lipinski definition) is 2. The Bertz CT molecular complexity index is 517. The molecule has 1 aromatic carbocycles. The van der Waals surface area contributed by atoms with E-state index in [1.54, 1.807) is 12.1 Å². The average molecular weight is 278 g/mol. The largest absolute Gasteiger partial charge is 0.480 e. The average Bonchev–Trinajstić information content (AvgIpc) is 2.79. The number of benzene rings is 1. The molecule has 2 rings (SSSR count). The van der Waals surface area contributed by atoms with Crippen molar-refractivity contribution in [3.8, 4) is 0 Å². The third kappa shape index (κ3) is 3.25. The number of aliphatic carboxylic acids is 1. The number of rotatable bonds is 5. The van der Waals surface area contributed by atoms with Gasteiger partial charge in [0.2, 0.25) is 0 Å². The second-order valence-corrected chi connectivity index (χ2v) is 4.31. The van der Waals surface area contributed by atoms with E-state index in [9.17, 15) is 14.4 Å². The zero-order valence-electron chi connectivity index (χ0n) is 10.6. The quantitative estimate of drug-likeness (QED) is 0.750. The summed E-state index contributed by atoms with van der Waals surface area (Å²) in [6.45, 7) is -0.303. The topological polar surface area (TPSA) is 95.9 Å². The van der Waals surface area contributed by atoms with Crippen LogP contribution in [0.5, 0.6) is 0 Å². The number of carboxylic acid groups (broad SMARTS) is 1. The minimum absolute atomic E-state index is 0.0138. The Hall–Kier alpha value is -2.57. The van der Waals surface area contributed by atoms with Crippen LogP contribution in [0.25, 0.3) is 0 Å². The maximum Gasteiger partial charge on any atom is 0.328 e. The maximum absolute atomic E-state index is 11.6. The molecular formula is C13H14N2O5. The van der Waals surface area contributed by atoms with Gasteiger partial charge in [-0.15, -0.1) is 0 Å². The van der Waals surface area contributed by atoms with Gasteiger partial charge in [-0.2, -0.15) is 0 Å². The van der Waals surface area contributed by atoms with E-state index in [2.05, 4.69) is 5.32 Å². The van der Waals surface area contributed by atoms with Crippen LogP contribution < -0.4 is 5.32 Å². The minimum Gasteiger partial charge on any atom is -0.480 e. The van der Waals surface area contributed by atoms with Crippen molar-refractivity contribution in [1.29, 1.82) is 0 Å². The second-order valence-electron chi connectivity index (χ2n) is 4.31. The van der Waals surface area contributed by atoms with Crippen molar-refractivity contribution in [3.63, 3.8) is 0 Å². The van der Waals surface area contributed by atoms with Gasteiger partial charge in [-0.05, 0) is 5.56 Å². The molecule has 0 radical (unpaired) electrons. The second kappa shape index (κ2) is 6.05. The molecular weight excluding hydrogens is 264 g/mol. The zero-order chi connectivity index (χ0) is 14.5. The van der Waals surface area contributed by atoms with Gasteiger partial charge in [-0.3, -0.25) is 9.69 Å². The van der Waals surface area contributed by atoms with Crippen LogP contribution in [0.1, 0.15) is 5.56 Å². The Morgan fingerprint density at radius 3 is 2.70 bits per heavy atom. The smallest absolute Gasteiger partial charge is 0.328 e. The molecule has 0 spiro atoms. The number of carbonyl (C=O) groups excluding carboxylic acids is 2. The SMILES string of the molecule is O=C(CN1C(=O)NC[C@H]1C(=O)O)OCc1ccccc1. The van der Waals surface area contributed by atoms with Crippen molar-refractivity contribution >= 4 is 18.0 Å². The Morgan fingerprint density at radius 2 is 2.05 bits per heavy atom. The number of urea groups is 1. The van der Waals surface area contributed by atoms with Crippen LogP contribution in [0.4, 0.5) is 4.79 Å². The fraction of sp³-hybridized carbons (Fsp3) is 0.308. The lowest BCUT2D eigenvalue weighted by Crippen LogP contribution is -2.43. The van der Waals surface area contributed by atoms with Gasteiger partial charge in [0, 0.05) is 0 Å². The van der Waals surface area contributed by atoms with Crippen molar-refractivity contribution in [1.82, 2.24) is 10.2 Å². The highest BCUT2D eigenvalue weighted by Crippen LogP contribution is 2.08. The molecule has 106 valence electrons. The molecule has 1 atom stereocenters. The summed E-state index contributed by atoms with van der Waals surface area (Å²) in [6, 6.07) is 7.47. The molecule has 1 aliphatic rings. The number of hydrogen-bond acceptors (Lipinski definition) is 4. The fourth-order valence-corrected chi connectivity index (χ4v) is 1.86. The summed E-state index contributed by atoms with van der Waals surface area (Å²) >= 11 is 0. The molecule has 0 aromatic heterocycles. The van der Waals surface area contributed by atoms with Crippen molar-refractivity contribution in [2.24, 2.45) is 0 Å². The summed E-state index contributed by atoms with van der Waals surface area (Å²) in [4.78, 5) is 35.0. The van der Waals surface area contributed by atoms with Crippen LogP contribution in [0.15, 0.2) is 30.3 Å². The van der Waals surface area contributed by atoms with Crippen LogP contribution in [0.3, 0.4) is 0 Å². The highest BCUT2D eigenvalue weighted by molar-refractivity contribution is 5.89. The molecule has 0 saturated carbocycles. The molecule has 0 bridgehead atoms. The normalized spacial score (nSPS) is 17.7. The van der Waals surface area contributed by atoms with Gasteiger partial charge in [-0.1, -0.05) is 30.3 Å². The zero-order valence-corrected chi connectivity index (χ0v) is 10.6. The van der Waals surface area contributed by atoms with E-state index in [-0.39, 0.29) is 19.7 Å². The molecule has 0 aliphatic carbocycles. The lowest BCUT2D eigenvalue weighted by atomic mass is 10.2. The molecule has 2 N–H and O–H groups in total. The first-order valence-electron chi connectivity index (χ1n) is 6.05. The van der Waals surface area contributed by atoms with Crippen LogP contribution in [-0.4, -0.2) is 47.1 Å². The Kier molecular flexibility index (Phi) is 4.19. The molecule has 1 heterocycles. The summed E-state index contributed by atoms with van der Waals surface area (Å²) in [5, 5.41) is 11.3. The van der Waals surface area contributed by atoms with E-state index in [0.717, 1.165) is 10.5 Å². The van der Waals surface area contributed by atoms with Gasteiger partial charge in [-0.25, -0.2) is 9.59 Å². The molecule has 7 nitrogen and oxygen atoms in total. The summed E-state index contributed by atoms with van der Waals surface area (Å²) in [5.41, 5.74) is 0.821. The van der Waals surface area contributed by atoms with E-state index in [1.165, 1.54) is 0 Å². The first-order chi connectivity index (χ1) is 9.58. The third-order valence-electron chi connectivity index (χ3n) is 2.91.